The minimum absolute atomic E-state index is 0.171. The molecule has 0 unspecified atom stereocenters. The number of alkyl halides is 3. The number of hydrogen-bond donors (Lipinski definition) is 1. The molecule has 0 aliphatic heterocycles. The summed E-state index contributed by atoms with van der Waals surface area (Å²) in [6, 6.07) is 0. The highest BCUT2D eigenvalue weighted by atomic mass is 32.3. The minimum Gasteiger partial charge on any atom is -0.211 e. The third-order valence-corrected chi connectivity index (χ3v) is 5.10. The monoisotopic (exact) mass is 283 g/mol. The molecular formula is C6H12F3NO4S2. The van der Waals surface area contributed by atoms with E-state index in [0.29, 0.717) is 0 Å². The molecule has 0 rings (SSSR count). The van der Waals surface area contributed by atoms with Crippen LogP contribution in [-0.4, -0.2) is 34.5 Å². The fourth-order valence-electron chi connectivity index (χ4n) is 0.796. The standard InChI is InChI=1S/C6H12F3NO4S2/c1-2-4-15(11,12)10-16(13,14)5-3-6(7,8)9/h10H,2-5H2,1H3. The molecule has 0 spiro atoms. The maximum absolute atomic E-state index is 11.7. The maximum atomic E-state index is 11.7. The van der Waals surface area contributed by atoms with E-state index in [4.69, 9.17) is 0 Å². The lowest BCUT2D eigenvalue weighted by Gasteiger charge is -2.08. The quantitative estimate of drug-likeness (QED) is 0.774. The van der Waals surface area contributed by atoms with Crippen LogP contribution in [0.2, 0.25) is 0 Å². The first-order valence-electron chi connectivity index (χ1n) is 4.28. The van der Waals surface area contributed by atoms with Crippen LogP contribution in [0.1, 0.15) is 19.8 Å². The van der Waals surface area contributed by atoms with Gasteiger partial charge in [0.25, 0.3) is 0 Å². The topological polar surface area (TPSA) is 80.3 Å². The summed E-state index contributed by atoms with van der Waals surface area (Å²) in [7, 11) is -8.51. The molecule has 16 heavy (non-hydrogen) atoms. The summed E-state index contributed by atoms with van der Waals surface area (Å²) >= 11 is 0. The number of nitrogens with one attached hydrogen (secondary N) is 1. The molecular weight excluding hydrogens is 271 g/mol. The lowest BCUT2D eigenvalue weighted by Crippen LogP contribution is -2.35. The van der Waals surface area contributed by atoms with Gasteiger partial charge < -0.3 is 0 Å². The molecule has 5 nitrogen and oxygen atoms in total. The lowest BCUT2D eigenvalue weighted by molar-refractivity contribution is -0.129. The third kappa shape index (κ3) is 7.88. The van der Waals surface area contributed by atoms with E-state index in [1.807, 2.05) is 0 Å². The van der Waals surface area contributed by atoms with E-state index < -0.39 is 44.1 Å². The fraction of sp³-hybridized carbons (Fsp3) is 1.00. The smallest absolute Gasteiger partial charge is 0.211 e. The van der Waals surface area contributed by atoms with Gasteiger partial charge in [-0.3, -0.25) is 0 Å². The first-order valence-corrected chi connectivity index (χ1v) is 7.58. The van der Waals surface area contributed by atoms with Gasteiger partial charge in [-0.15, -0.1) is 4.13 Å². The summed E-state index contributed by atoms with van der Waals surface area (Å²) in [4.78, 5) is 0. The molecule has 98 valence electrons. The Balaban J connectivity index is 4.49. The highest BCUT2D eigenvalue weighted by Crippen LogP contribution is 2.19. The second-order valence-electron chi connectivity index (χ2n) is 3.09. The molecule has 0 aromatic carbocycles. The minimum atomic E-state index is -4.64. The van der Waals surface area contributed by atoms with Gasteiger partial charge in [0.15, 0.2) is 0 Å². The van der Waals surface area contributed by atoms with E-state index in [1.165, 1.54) is 11.1 Å². The van der Waals surface area contributed by atoms with Crippen molar-refractivity contribution in [2.75, 3.05) is 11.5 Å². The van der Waals surface area contributed by atoms with Gasteiger partial charge in [-0.05, 0) is 6.42 Å². The number of halogens is 3. The summed E-state index contributed by atoms with van der Waals surface area (Å²) in [5.41, 5.74) is 0. The molecule has 1 N–H and O–H groups in total. The van der Waals surface area contributed by atoms with Crippen molar-refractivity contribution in [1.82, 2.24) is 4.13 Å². The van der Waals surface area contributed by atoms with Crippen LogP contribution < -0.4 is 4.13 Å². The van der Waals surface area contributed by atoms with E-state index in [0.717, 1.165) is 0 Å². The van der Waals surface area contributed by atoms with Gasteiger partial charge in [-0.25, -0.2) is 16.8 Å². The zero-order valence-corrected chi connectivity index (χ0v) is 10.0. The van der Waals surface area contributed by atoms with Crippen LogP contribution in [0.4, 0.5) is 13.2 Å². The second-order valence-corrected chi connectivity index (χ2v) is 7.03. The zero-order valence-electron chi connectivity index (χ0n) is 8.41. The van der Waals surface area contributed by atoms with Gasteiger partial charge in [0.2, 0.25) is 20.0 Å². The fourth-order valence-corrected chi connectivity index (χ4v) is 4.05. The van der Waals surface area contributed by atoms with Crippen molar-refractivity contribution >= 4 is 20.0 Å². The van der Waals surface area contributed by atoms with E-state index in [1.54, 1.807) is 0 Å². The first-order chi connectivity index (χ1) is 6.97. The van der Waals surface area contributed by atoms with E-state index >= 15 is 0 Å². The van der Waals surface area contributed by atoms with Crippen molar-refractivity contribution < 1.29 is 30.0 Å². The normalized spacial score (nSPS) is 14.0. The average Bonchev–Trinajstić information content (AvgIpc) is 1.97. The second kappa shape index (κ2) is 5.32. The van der Waals surface area contributed by atoms with E-state index in [2.05, 4.69) is 0 Å². The SMILES string of the molecule is CCCS(=O)(=O)NS(=O)(=O)CCC(F)(F)F. The summed E-state index contributed by atoms with van der Waals surface area (Å²) in [6.45, 7) is 1.50. The van der Waals surface area contributed by atoms with E-state index in [-0.39, 0.29) is 6.42 Å². The van der Waals surface area contributed by atoms with Gasteiger partial charge >= 0.3 is 6.18 Å². The molecule has 0 saturated heterocycles. The molecule has 0 aliphatic carbocycles. The molecule has 10 heteroatoms. The maximum Gasteiger partial charge on any atom is 0.390 e. The summed E-state index contributed by atoms with van der Waals surface area (Å²) in [5, 5.41) is 0. The van der Waals surface area contributed by atoms with Crippen molar-refractivity contribution in [2.24, 2.45) is 0 Å². The van der Waals surface area contributed by atoms with E-state index in [9.17, 15) is 30.0 Å². The molecule has 0 radical (unpaired) electrons. The molecule has 0 fully saturated rings. The third-order valence-electron chi connectivity index (χ3n) is 1.38. The van der Waals surface area contributed by atoms with Crippen molar-refractivity contribution in [3.8, 4) is 0 Å². The Morgan fingerprint density at radius 3 is 1.81 bits per heavy atom. The van der Waals surface area contributed by atoms with Crippen LogP contribution in [0.3, 0.4) is 0 Å². The Morgan fingerprint density at radius 1 is 1.00 bits per heavy atom. The summed E-state index contributed by atoms with van der Waals surface area (Å²) < 4.78 is 80.4. The van der Waals surface area contributed by atoms with Crippen LogP contribution >= 0.6 is 0 Å². The van der Waals surface area contributed by atoms with Crippen molar-refractivity contribution in [3.05, 3.63) is 0 Å². The molecule has 0 aliphatic rings. The number of rotatable bonds is 6. The van der Waals surface area contributed by atoms with Gasteiger partial charge in [0.1, 0.15) is 0 Å². The van der Waals surface area contributed by atoms with Crippen LogP contribution in [-0.2, 0) is 20.0 Å². The van der Waals surface area contributed by atoms with Crippen molar-refractivity contribution in [1.29, 1.82) is 0 Å². The molecule has 0 amide bonds. The molecule has 0 aromatic rings. The van der Waals surface area contributed by atoms with Crippen molar-refractivity contribution in [2.45, 2.75) is 25.9 Å². The van der Waals surface area contributed by atoms with Gasteiger partial charge in [-0.1, -0.05) is 6.92 Å². The van der Waals surface area contributed by atoms with Crippen molar-refractivity contribution in [3.63, 3.8) is 0 Å². The first kappa shape index (κ1) is 15.7. The van der Waals surface area contributed by atoms with Crippen LogP contribution in [0.15, 0.2) is 0 Å². The average molecular weight is 283 g/mol. The van der Waals surface area contributed by atoms with Gasteiger partial charge in [0.05, 0.1) is 17.9 Å². The largest absolute Gasteiger partial charge is 0.390 e. The number of hydrogen-bond acceptors (Lipinski definition) is 4. The molecule has 0 bridgehead atoms. The molecule has 0 atom stereocenters. The Bertz CT molecular complexity index is 412. The Labute approximate surface area is 92.1 Å². The van der Waals surface area contributed by atoms with Gasteiger partial charge in [-0.2, -0.15) is 13.2 Å². The van der Waals surface area contributed by atoms with Crippen LogP contribution in [0, 0.1) is 0 Å². The summed E-state index contributed by atoms with van der Waals surface area (Å²) in [6.07, 6.45) is -6.04. The lowest BCUT2D eigenvalue weighted by atomic mass is 10.5. The predicted molar refractivity (Wildman–Crippen MR) is 51.7 cm³/mol. The Morgan fingerprint density at radius 2 is 1.44 bits per heavy atom. The molecule has 0 heterocycles. The Kier molecular flexibility index (Phi) is 5.20. The molecule has 0 aromatic heterocycles. The Hall–Kier alpha value is -0.350. The van der Waals surface area contributed by atoms with Gasteiger partial charge in [0, 0.05) is 0 Å². The van der Waals surface area contributed by atoms with Crippen LogP contribution in [0.5, 0.6) is 0 Å². The summed E-state index contributed by atoms with van der Waals surface area (Å²) in [5.74, 6) is -1.74. The highest BCUT2D eigenvalue weighted by Gasteiger charge is 2.31. The van der Waals surface area contributed by atoms with Crippen LogP contribution in [0.25, 0.3) is 0 Å². The predicted octanol–water partition coefficient (Wildman–Crippen LogP) is 0.598. The molecule has 0 saturated carbocycles. The zero-order chi connectivity index (χ0) is 13.0. The highest BCUT2D eigenvalue weighted by molar-refractivity contribution is 8.04. The number of sulfonamides is 2.